The summed E-state index contributed by atoms with van der Waals surface area (Å²) in [4.78, 5) is 0. The number of rotatable bonds is 10. The van der Waals surface area contributed by atoms with Gasteiger partial charge >= 0.3 is 0 Å². The van der Waals surface area contributed by atoms with Crippen molar-refractivity contribution >= 4 is 9.76 Å². The van der Waals surface area contributed by atoms with Crippen molar-refractivity contribution in [2.24, 2.45) is 0 Å². The summed E-state index contributed by atoms with van der Waals surface area (Å²) in [6, 6.07) is 1.21. The lowest BCUT2D eigenvalue weighted by molar-refractivity contribution is -0.275. The number of ether oxygens (including phenoxy) is 2. The van der Waals surface area contributed by atoms with Crippen molar-refractivity contribution in [2.75, 3.05) is 0 Å². The molecule has 1 rings (SSSR count). The average Bonchev–Trinajstić information content (AvgIpc) is 2.48. The van der Waals surface area contributed by atoms with E-state index >= 15 is 0 Å². The molecule has 0 aliphatic rings. The summed E-state index contributed by atoms with van der Waals surface area (Å²) in [5.41, 5.74) is -0.190. The van der Waals surface area contributed by atoms with E-state index in [0.717, 1.165) is 0 Å². The number of hydrogen-bond donors (Lipinski definition) is 0. The SMILES string of the molecule is CC(C)OC(O[Si]CCCc1cc(F)c(F)c(F)c1F)OC(C)C. The van der Waals surface area contributed by atoms with E-state index in [9.17, 15) is 17.6 Å². The van der Waals surface area contributed by atoms with Crippen molar-refractivity contribution < 1.29 is 31.5 Å². The predicted molar refractivity (Wildman–Crippen MR) is 82.5 cm³/mol. The topological polar surface area (TPSA) is 27.7 Å². The normalized spacial score (nSPS) is 12.0. The maximum absolute atomic E-state index is 13.5. The van der Waals surface area contributed by atoms with Crippen molar-refractivity contribution in [1.29, 1.82) is 0 Å². The lowest BCUT2D eigenvalue weighted by Crippen LogP contribution is -2.28. The molecule has 3 nitrogen and oxygen atoms in total. The molecule has 0 saturated heterocycles. The summed E-state index contributed by atoms with van der Waals surface area (Å²) >= 11 is 0. The van der Waals surface area contributed by atoms with Gasteiger partial charge in [0.1, 0.15) is 0 Å². The molecule has 0 atom stereocenters. The minimum atomic E-state index is -1.79. The Kier molecular flexibility index (Phi) is 8.89. The molecule has 0 fully saturated rings. The Balaban J connectivity index is 2.43. The van der Waals surface area contributed by atoms with E-state index in [1.54, 1.807) is 0 Å². The molecule has 0 unspecified atom stereocenters. The van der Waals surface area contributed by atoms with E-state index in [0.29, 0.717) is 18.5 Å². The highest BCUT2D eigenvalue weighted by Gasteiger charge is 2.19. The Morgan fingerprint density at radius 1 is 0.917 bits per heavy atom. The molecule has 24 heavy (non-hydrogen) atoms. The maximum Gasteiger partial charge on any atom is 0.262 e. The van der Waals surface area contributed by atoms with Crippen LogP contribution in [0.1, 0.15) is 39.7 Å². The molecule has 1 aromatic carbocycles. The third-order valence-electron chi connectivity index (χ3n) is 2.85. The van der Waals surface area contributed by atoms with Crippen LogP contribution in [0.4, 0.5) is 17.6 Å². The van der Waals surface area contributed by atoms with Crippen LogP contribution in [0.2, 0.25) is 6.04 Å². The second-order valence-corrected chi connectivity index (χ2v) is 6.76. The number of halogens is 4. The van der Waals surface area contributed by atoms with Gasteiger partial charge in [-0.1, -0.05) is 0 Å². The highest BCUT2D eigenvalue weighted by molar-refractivity contribution is 6.27. The Bertz CT molecular complexity index is 517. The van der Waals surface area contributed by atoms with E-state index < -0.39 is 29.7 Å². The predicted octanol–water partition coefficient (Wildman–Crippen LogP) is 4.36. The quantitative estimate of drug-likeness (QED) is 0.154. The molecule has 2 radical (unpaired) electrons. The van der Waals surface area contributed by atoms with Crippen LogP contribution in [-0.2, 0) is 20.3 Å². The van der Waals surface area contributed by atoms with Crippen molar-refractivity contribution in [2.45, 2.75) is 65.3 Å². The Morgan fingerprint density at radius 2 is 1.50 bits per heavy atom. The molecule has 0 amide bonds. The van der Waals surface area contributed by atoms with Gasteiger partial charge in [0, 0.05) is 0 Å². The number of hydrogen-bond acceptors (Lipinski definition) is 3. The first-order chi connectivity index (χ1) is 11.2. The summed E-state index contributed by atoms with van der Waals surface area (Å²) < 4.78 is 69.0. The Hall–Kier alpha value is -0.963. The molecule has 0 spiro atoms. The highest BCUT2D eigenvalue weighted by Crippen LogP contribution is 2.20. The fraction of sp³-hybridized carbons (Fsp3) is 0.625. The molecule has 0 N–H and O–H groups in total. The smallest absolute Gasteiger partial charge is 0.262 e. The van der Waals surface area contributed by atoms with Crippen LogP contribution >= 0.6 is 0 Å². The number of aryl methyl sites for hydroxylation is 1. The zero-order valence-electron chi connectivity index (χ0n) is 14.2. The first kappa shape index (κ1) is 21.1. The van der Waals surface area contributed by atoms with Gasteiger partial charge in [-0.3, -0.25) is 0 Å². The van der Waals surface area contributed by atoms with Crippen LogP contribution in [0, 0.1) is 23.3 Å². The summed E-state index contributed by atoms with van der Waals surface area (Å²) in [6.07, 6.45) is 0.364. The summed E-state index contributed by atoms with van der Waals surface area (Å²) in [7, 11) is 0.0183. The fourth-order valence-electron chi connectivity index (χ4n) is 1.81. The molecular weight excluding hydrogens is 344 g/mol. The van der Waals surface area contributed by atoms with E-state index in [-0.39, 0.29) is 34.0 Å². The first-order valence-corrected chi connectivity index (χ1v) is 8.85. The minimum Gasteiger partial charge on any atom is -0.372 e. The molecule has 0 heterocycles. The first-order valence-electron chi connectivity index (χ1n) is 7.73. The van der Waals surface area contributed by atoms with Crippen molar-refractivity contribution in [3.8, 4) is 0 Å². The van der Waals surface area contributed by atoms with E-state index in [1.807, 2.05) is 27.7 Å². The second kappa shape index (κ2) is 10.1. The largest absolute Gasteiger partial charge is 0.372 e. The third kappa shape index (κ3) is 6.88. The van der Waals surface area contributed by atoms with Crippen LogP contribution in [0.5, 0.6) is 0 Å². The molecule has 0 aliphatic carbocycles. The van der Waals surface area contributed by atoms with Crippen LogP contribution in [0.3, 0.4) is 0 Å². The van der Waals surface area contributed by atoms with Crippen LogP contribution < -0.4 is 0 Å². The van der Waals surface area contributed by atoms with Gasteiger partial charge < -0.3 is 13.9 Å². The van der Waals surface area contributed by atoms with Gasteiger partial charge in [-0.25, -0.2) is 17.6 Å². The van der Waals surface area contributed by atoms with Gasteiger partial charge in [0.05, 0.1) is 12.2 Å². The van der Waals surface area contributed by atoms with Crippen LogP contribution in [-0.4, -0.2) is 28.4 Å². The Morgan fingerprint density at radius 3 is 2.04 bits per heavy atom. The van der Waals surface area contributed by atoms with Crippen molar-refractivity contribution in [3.63, 3.8) is 0 Å². The molecule has 0 aromatic heterocycles. The lowest BCUT2D eigenvalue weighted by atomic mass is 10.1. The van der Waals surface area contributed by atoms with Gasteiger partial charge in [0.2, 0.25) is 9.76 Å². The minimum absolute atomic E-state index is 0.0183. The van der Waals surface area contributed by atoms with Crippen molar-refractivity contribution in [3.05, 3.63) is 34.9 Å². The molecule has 136 valence electrons. The molecule has 1 aromatic rings. The third-order valence-corrected chi connectivity index (χ3v) is 3.77. The standard InChI is InChI=1S/C16H22F4O3Si/c1-9(2)21-16(22-10(3)4)23-24-7-5-6-11-8-12(17)14(19)15(20)13(11)18/h8-10,16H,5-7H2,1-4H3. The zero-order valence-corrected chi connectivity index (χ0v) is 15.2. The molecule has 0 bridgehead atoms. The Labute approximate surface area is 142 Å². The maximum atomic E-state index is 13.5. The lowest BCUT2D eigenvalue weighted by Gasteiger charge is -2.22. The fourth-order valence-corrected chi connectivity index (χ4v) is 2.50. The molecule has 0 saturated carbocycles. The van der Waals surface area contributed by atoms with E-state index in [4.69, 9.17) is 13.9 Å². The zero-order chi connectivity index (χ0) is 18.3. The molecule has 8 heteroatoms. The average molecular weight is 366 g/mol. The van der Waals surface area contributed by atoms with Gasteiger partial charge in [-0.15, -0.1) is 0 Å². The molecular formula is C16H22F4O3Si. The van der Waals surface area contributed by atoms with Gasteiger partial charge in [-0.2, -0.15) is 0 Å². The van der Waals surface area contributed by atoms with Crippen LogP contribution in [0.25, 0.3) is 0 Å². The summed E-state index contributed by atoms with van der Waals surface area (Å²) in [5.74, 6) is -6.30. The van der Waals surface area contributed by atoms with E-state index in [2.05, 4.69) is 0 Å². The van der Waals surface area contributed by atoms with E-state index in [1.165, 1.54) is 0 Å². The second-order valence-electron chi connectivity index (χ2n) is 5.73. The summed E-state index contributed by atoms with van der Waals surface area (Å²) in [6.45, 7) is 6.61. The monoisotopic (exact) mass is 366 g/mol. The number of benzene rings is 1. The van der Waals surface area contributed by atoms with Gasteiger partial charge in [0.15, 0.2) is 23.3 Å². The highest BCUT2D eigenvalue weighted by atomic mass is 28.2. The van der Waals surface area contributed by atoms with Crippen LogP contribution in [0.15, 0.2) is 6.07 Å². The van der Waals surface area contributed by atoms with Gasteiger partial charge in [0.25, 0.3) is 6.48 Å². The van der Waals surface area contributed by atoms with Gasteiger partial charge in [-0.05, 0) is 58.2 Å². The molecule has 0 aliphatic heterocycles. The summed E-state index contributed by atoms with van der Waals surface area (Å²) in [5, 5.41) is 0. The van der Waals surface area contributed by atoms with Crippen molar-refractivity contribution in [1.82, 2.24) is 0 Å².